The molecule has 0 amide bonds. The molecule has 4 unspecified atom stereocenters. The Bertz CT molecular complexity index is 1330. The first-order valence-electron chi connectivity index (χ1n) is 17.8. The average Bonchev–Trinajstić information content (AvgIpc) is 3.05. The van der Waals surface area contributed by atoms with E-state index in [0.717, 1.165) is 56.9 Å². The summed E-state index contributed by atoms with van der Waals surface area (Å²) in [5.41, 5.74) is 0.889. The molecule has 0 saturated heterocycles. The van der Waals surface area contributed by atoms with Crippen molar-refractivity contribution in [2.45, 2.75) is 131 Å². The number of unbranched alkanes of at least 4 members (excludes halogenated alkanes) is 3. The lowest BCUT2D eigenvalue weighted by Crippen LogP contribution is -2.25. The van der Waals surface area contributed by atoms with E-state index in [4.69, 9.17) is 18.9 Å². The highest BCUT2D eigenvalue weighted by Gasteiger charge is 2.34. The van der Waals surface area contributed by atoms with Gasteiger partial charge in [0.1, 0.15) is 34.7 Å². The van der Waals surface area contributed by atoms with Crippen molar-refractivity contribution in [2.24, 2.45) is 17.8 Å². The molecule has 0 radical (unpaired) electrons. The molecule has 2 aromatic carbocycles. The first-order chi connectivity index (χ1) is 22.7. The lowest BCUT2D eigenvalue weighted by atomic mass is 9.95. The number of ketones is 1. The number of rotatable bonds is 19. The number of esters is 3. The molecule has 258 valence electrons. The van der Waals surface area contributed by atoms with Crippen LogP contribution in [0.3, 0.4) is 0 Å². The molecule has 0 spiro atoms. The van der Waals surface area contributed by atoms with Gasteiger partial charge in [-0.05, 0) is 56.2 Å². The predicted molar refractivity (Wildman–Crippen MR) is 182 cm³/mol. The first kappa shape index (κ1) is 37.8. The summed E-state index contributed by atoms with van der Waals surface area (Å²) in [5, 5.41) is 0. The van der Waals surface area contributed by atoms with E-state index in [1.807, 2.05) is 20.8 Å². The van der Waals surface area contributed by atoms with Crippen molar-refractivity contribution in [1.82, 2.24) is 0 Å². The van der Waals surface area contributed by atoms with Gasteiger partial charge in [0.25, 0.3) is 0 Å². The van der Waals surface area contributed by atoms with Gasteiger partial charge in [0.05, 0.1) is 24.2 Å². The van der Waals surface area contributed by atoms with Crippen molar-refractivity contribution in [3.8, 4) is 23.0 Å². The third-order valence-corrected chi connectivity index (χ3v) is 9.05. The van der Waals surface area contributed by atoms with Crippen LogP contribution in [0.15, 0.2) is 36.4 Å². The number of hydrogen-bond acceptors (Lipinski definition) is 8. The zero-order valence-electron chi connectivity index (χ0n) is 29.2. The van der Waals surface area contributed by atoms with Crippen LogP contribution in [0.25, 0.3) is 0 Å². The Morgan fingerprint density at radius 1 is 0.681 bits per heavy atom. The molecule has 1 heterocycles. The fourth-order valence-corrected chi connectivity index (χ4v) is 5.88. The Labute approximate surface area is 280 Å². The molecule has 0 aliphatic carbocycles. The Morgan fingerprint density at radius 3 is 1.62 bits per heavy atom. The summed E-state index contributed by atoms with van der Waals surface area (Å²) in [6, 6.07) is 9.97. The van der Waals surface area contributed by atoms with Crippen LogP contribution in [0.5, 0.6) is 23.0 Å². The number of fused-ring (bicyclic) bond motifs is 1. The molecule has 8 heteroatoms. The van der Waals surface area contributed by atoms with Gasteiger partial charge in [0, 0.05) is 12.1 Å². The molecule has 0 fully saturated rings. The van der Waals surface area contributed by atoms with Crippen LogP contribution in [0.4, 0.5) is 0 Å². The van der Waals surface area contributed by atoms with Gasteiger partial charge in [0.15, 0.2) is 5.78 Å². The summed E-state index contributed by atoms with van der Waals surface area (Å²) in [6.07, 6.45) is 9.27. The van der Waals surface area contributed by atoms with E-state index in [-0.39, 0.29) is 64.7 Å². The monoisotopic (exact) mass is 650 g/mol. The SMILES string of the molecule is CCCCC(CC)C(=O)Oc1ccc(C2CC(=O)c3c(OC(=O)C(CC)CCCC)cc(OC(=O)C(CC)CCCC)cc3O2)cc1. The Kier molecular flexibility index (Phi) is 15.4. The number of carbonyl (C=O) groups excluding carboxylic acids is 4. The van der Waals surface area contributed by atoms with E-state index >= 15 is 0 Å². The molecular formula is C39H54O8. The standard InChI is InChI=1S/C39H54O8/c1-7-13-16-26(10-4)37(41)44-30-21-19-29(20-22-30)33-25-32(40)36-34(46-33)23-31(45-38(42)27(11-5)17-14-8-2)24-35(36)47-39(43)28(12-6)18-15-9-3/h19-24,26-28,33H,7-18,25H2,1-6H3. The van der Waals surface area contributed by atoms with Gasteiger partial charge in [-0.2, -0.15) is 0 Å². The summed E-state index contributed by atoms with van der Waals surface area (Å²) < 4.78 is 23.7. The smallest absolute Gasteiger partial charge is 0.314 e. The minimum Gasteiger partial charge on any atom is -0.484 e. The maximum Gasteiger partial charge on any atom is 0.314 e. The highest BCUT2D eigenvalue weighted by atomic mass is 16.6. The van der Waals surface area contributed by atoms with Crippen LogP contribution >= 0.6 is 0 Å². The van der Waals surface area contributed by atoms with Gasteiger partial charge in [-0.25, -0.2) is 0 Å². The van der Waals surface area contributed by atoms with E-state index in [1.54, 1.807) is 24.3 Å². The highest BCUT2D eigenvalue weighted by molar-refractivity contribution is 6.03. The third-order valence-electron chi connectivity index (χ3n) is 9.05. The van der Waals surface area contributed by atoms with Crippen molar-refractivity contribution < 1.29 is 38.1 Å². The zero-order chi connectivity index (χ0) is 34.3. The summed E-state index contributed by atoms with van der Waals surface area (Å²) in [6.45, 7) is 12.1. The maximum absolute atomic E-state index is 13.6. The quantitative estimate of drug-likeness (QED) is 0.109. The fourth-order valence-electron chi connectivity index (χ4n) is 5.88. The molecule has 2 aromatic rings. The molecule has 0 saturated carbocycles. The zero-order valence-corrected chi connectivity index (χ0v) is 29.2. The van der Waals surface area contributed by atoms with Gasteiger partial charge in [-0.3, -0.25) is 19.2 Å². The third kappa shape index (κ3) is 10.7. The minimum atomic E-state index is -0.636. The molecule has 1 aliphatic rings. The first-order valence-corrected chi connectivity index (χ1v) is 17.8. The Balaban J connectivity index is 1.89. The molecule has 47 heavy (non-hydrogen) atoms. The van der Waals surface area contributed by atoms with E-state index in [2.05, 4.69) is 20.8 Å². The minimum absolute atomic E-state index is 0.0205. The Morgan fingerprint density at radius 2 is 1.15 bits per heavy atom. The predicted octanol–water partition coefficient (Wildman–Crippen LogP) is 9.76. The summed E-state index contributed by atoms with van der Waals surface area (Å²) >= 11 is 0. The molecule has 8 nitrogen and oxygen atoms in total. The number of ether oxygens (including phenoxy) is 4. The van der Waals surface area contributed by atoms with Crippen LogP contribution in [0.2, 0.25) is 0 Å². The molecule has 0 bridgehead atoms. The van der Waals surface area contributed by atoms with Gasteiger partial charge < -0.3 is 18.9 Å². The number of carbonyl (C=O) groups is 4. The number of hydrogen-bond donors (Lipinski definition) is 0. The molecule has 4 atom stereocenters. The van der Waals surface area contributed by atoms with Crippen LogP contribution in [-0.4, -0.2) is 23.7 Å². The topological polar surface area (TPSA) is 105 Å². The normalized spacial score (nSPS) is 16.0. The van der Waals surface area contributed by atoms with E-state index in [1.165, 1.54) is 12.1 Å². The lowest BCUT2D eigenvalue weighted by molar-refractivity contribution is -0.140. The molecular weight excluding hydrogens is 596 g/mol. The maximum atomic E-state index is 13.6. The van der Waals surface area contributed by atoms with Gasteiger partial charge in [-0.15, -0.1) is 0 Å². The summed E-state index contributed by atoms with van der Waals surface area (Å²) in [4.78, 5) is 52.7. The average molecular weight is 651 g/mol. The molecule has 0 aromatic heterocycles. The van der Waals surface area contributed by atoms with Crippen LogP contribution in [-0.2, 0) is 14.4 Å². The lowest BCUT2D eigenvalue weighted by Gasteiger charge is -2.28. The van der Waals surface area contributed by atoms with Gasteiger partial charge in [0.2, 0.25) is 0 Å². The second-order valence-corrected chi connectivity index (χ2v) is 12.6. The molecule has 1 aliphatic heterocycles. The van der Waals surface area contributed by atoms with E-state index < -0.39 is 12.1 Å². The molecule has 0 N–H and O–H groups in total. The second kappa shape index (κ2) is 19.2. The van der Waals surface area contributed by atoms with Crippen molar-refractivity contribution in [1.29, 1.82) is 0 Å². The van der Waals surface area contributed by atoms with Crippen molar-refractivity contribution >= 4 is 23.7 Å². The fraction of sp³-hybridized carbons (Fsp3) is 0.590. The van der Waals surface area contributed by atoms with Gasteiger partial charge in [-0.1, -0.05) is 92.2 Å². The largest absolute Gasteiger partial charge is 0.484 e. The van der Waals surface area contributed by atoms with Crippen LogP contribution < -0.4 is 18.9 Å². The van der Waals surface area contributed by atoms with Gasteiger partial charge >= 0.3 is 17.9 Å². The van der Waals surface area contributed by atoms with E-state index in [0.29, 0.717) is 31.4 Å². The van der Waals surface area contributed by atoms with E-state index in [9.17, 15) is 19.2 Å². The van der Waals surface area contributed by atoms with Crippen molar-refractivity contribution in [3.05, 3.63) is 47.5 Å². The Hall–Kier alpha value is -3.68. The number of Topliss-reactive ketones (excluding diaryl/α,β-unsaturated/α-hetero) is 1. The van der Waals surface area contributed by atoms with Crippen molar-refractivity contribution in [2.75, 3.05) is 0 Å². The highest BCUT2D eigenvalue weighted by Crippen LogP contribution is 2.43. The van der Waals surface area contributed by atoms with Crippen LogP contribution in [0, 0.1) is 17.8 Å². The molecule has 3 rings (SSSR count). The second-order valence-electron chi connectivity index (χ2n) is 12.6. The van der Waals surface area contributed by atoms with Crippen molar-refractivity contribution in [3.63, 3.8) is 0 Å². The summed E-state index contributed by atoms with van der Waals surface area (Å²) in [7, 11) is 0. The number of benzene rings is 2. The van der Waals surface area contributed by atoms with Crippen LogP contribution in [0.1, 0.15) is 147 Å². The summed E-state index contributed by atoms with van der Waals surface area (Å²) in [5.74, 6) is -1.15.